The molecule has 0 saturated heterocycles. The van der Waals surface area contributed by atoms with Crippen LogP contribution in [0.2, 0.25) is 0 Å². The third-order valence-corrected chi connectivity index (χ3v) is 0.693. The van der Waals surface area contributed by atoms with Crippen LogP contribution in [0.15, 0.2) is 0 Å². The highest BCUT2D eigenvalue weighted by Gasteiger charge is 2.06. The van der Waals surface area contributed by atoms with Gasteiger partial charge in [-0.05, 0) is 11.6 Å². The van der Waals surface area contributed by atoms with Crippen molar-refractivity contribution in [2.75, 3.05) is 0 Å². The van der Waals surface area contributed by atoms with Crippen LogP contribution >= 0.6 is 11.6 Å². The van der Waals surface area contributed by atoms with Gasteiger partial charge in [-0.2, -0.15) is 0 Å². The molecule has 0 aliphatic heterocycles. The number of carbonyl (C=O) groups excluding carboxylic acids is 2. The Hall–Kier alpha value is -0.810. The SMILES string of the molecule is C#CCC(=O)C(=O)Cl. The Bertz CT molecular complexity index is 154. The second-order valence-corrected chi connectivity index (χ2v) is 1.42. The lowest BCUT2D eigenvalue weighted by molar-refractivity contribution is -0.131. The summed E-state index contributed by atoms with van der Waals surface area (Å²) in [5.41, 5.74) is 0. The van der Waals surface area contributed by atoms with Gasteiger partial charge >= 0.3 is 0 Å². The smallest absolute Gasteiger partial charge is 0.288 e. The van der Waals surface area contributed by atoms with E-state index in [-0.39, 0.29) is 6.42 Å². The van der Waals surface area contributed by atoms with Crippen LogP contribution in [0.1, 0.15) is 6.42 Å². The molecule has 0 radical (unpaired) electrons. The van der Waals surface area contributed by atoms with Gasteiger partial charge in [0.25, 0.3) is 5.24 Å². The van der Waals surface area contributed by atoms with Gasteiger partial charge in [-0.1, -0.05) is 5.92 Å². The van der Waals surface area contributed by atoms with Crippen LogP contribution in [0.25, 0.3) is 0 Å². The van der Waals surface area contributed by atoms with Crippen molar-refractivity contribution in [2.24, 2.45) is 0 Å². The summed E-state index contributed by atoms with van der Waals surface area (Å²) in [7, 11) is 0. The first-order valence-corrected chi connectivity index (χ1v) is 2.22. The molecule has 0 aliphatic carbocycles. The van der Waals surface area contributed by atoms with Crippen molar-refractivity contribution in [3.8, 4) is 12.3 Å². The minimum absolute atomic E-state index is 0.206. The second-order valence-electron chi connectivity index (χ2n) is 1.08. The van der Waals surface area contributed by atoms with Crippen molar-refractivity contribution in [1.82, 2.24) is 0 Å². The summed E-state index contributed by atoms with van der Waals surface area (Å²) in [4.78, 5) is 20.0. The standard InChI is InChI=1S/C5H3ClO2/c1-2-3-4(7)5(6)8/h1H,3H2. The van der Waals surface area contributed by atoms with Gasteiger partial charge in [-0.25, -0.2) is 0 Å². The molecule has 0 aliphatic rings. The fraction of sp³-hybridized carbons (Fsp3) is 0.200. The van der Waals surface area contributed by atoms with E-state index in [1.54, 1.807) is 0 Å². The first-order valence-electron chi connectivity index (χ1n) is 1.84. The van der Waals surface area contributed by atoms with E-state index in [9.17, 15) is 9.59 Å². The normalized spacial score (nSPS) is 7.50. The third kappa shape index (κ3) is 2.38. The van der Waals surface area contributed by atoms with E-state index in [1.165, 1.54) is 0 Å². The minimum atomic E-state index is -0.997. The molecule has 8 heavy (non-hydrogen) atoms. The third-order valence-electron chi connectivity index (χ3n) is 0.482. The number of ketones is 1. The number of carbonyl (C=O) groups is 2. The van der Waals surface area contributed by atoms with Crippen molar-refractivity contribution in [3.63, 3.8) is 0 Å². The number of terminal acetylenes is 1. The summed E-state index contributed by atoms with van der Waals surface area (Å²) in [6.45, 7) is 0. The van der Waals surface area contributed by atoms with Crippen molar-refractivity contribution in [3.05, 3.63) is 0 Å². The molecular formula is C5H3ClO2. The zero-order chi connectivity index (χ0) is 6.57. The maximum atomic E-state index is 10.1. The monoisotopic (exact) mass is 130 g/mol. The molecule has 0 saturated carbocycles. The molecule has 0 spiro atoms. The number of hydrogen-bond acceptors (Lipinski definition) is 2. The molecule has 42 valence electrons. The molecule has 0 aromatic rings. The average molecular weight is 131 g/mol. The summed E-state index contributed by atoms with van der Waals surface area (Å²) in [6, 6.07) is 0. The molecule has 0 unspecified atom stereocenters. The van der Waals surface area contributed by atoms with E-state index in [0.29, 0.717) is 0 Å². The summed E-state index contributed by atoms with van der Waals surface area (Å²) in [5, 5.41) is -0.997. The highest BCUT2D eigenvalue weighted by atomic mass is 35.5. The predicted octanol–water partition coefficient (Wildman–Crippen LogP) is 0.344. The average Bonchev–Trinajstić information content (AvgIpc) is 1.67. The molecule has 0 heterocycles. The van der Waals surface area contributed by atoms with Gasteiger partial charge in [0.15, 0.2) is 0 Å². The van der Waals surface area contributed by atoms with Crippen molar-refractivity contribution >= 4 is 22.6 Å². The Kier molecular flexibility index (Phi) is 2.90. The number of Topliss-reactive ketones (excluding diaryl/α,β-unsaturated/α-hetero) is 1. The van der Waals surface area contributed by atoms with Crippen LogP contribution in [0, 0.1) is 12.3 Å². The van der Waals surface area contributed by atoms with Crippen LogP contribution in [0.5, 0.6) is 0 Å². The fourth-order valence-corrected chi connectivity index (χ4v) is 0.229. The van der Waals surface area contributed by atoms with Gasteiger partial charge in [0.1, 0.15) is 0 Å². The summed E-state index contributed by atoms with van der Waals surface area (Å²) in [5.74, 6) is 1.27. The van der Waals surface area contributed by atoms with Gasteiger partial charge in [0.2, 0.25) is 5.78 Å². The van der Waals surface area contributed by atoms with E-state index in [2.05, 4.69) is 6.42 Å². The molecule has 0 rings (SSSR count). The largest absolute Gasteiger partial charge is 0.289 e. The lowest BCUT2D eigenvalue weighted by atomic mass is 10.3. The lowest BCUT2D eigenvalue weighted by Crippen LogP contribution is -2.04. The topological polar surface area (TPSA) is 34.1 Å². The van der Waals surface area contributed by atoms with E-state index < -0.39 is 11.0 Å². The highest BCUT2D eigenvalue weighted by Crippen LogP contribution is 1.86. The van der Waals surface area contributed by atoms with Gasteiger partial charge in [0, 0.05) is 0 Å². The summed E-state index contributed by atoms with van der Waals surface area (Å²) in [6.07, 6.45) is 4.48. The molecule has 3 heteroatoms. The number of rotatable bonds is 2. The Morgan fingerprint density at radius 3 is 2.25 bits per heavy atom. The predicted molar refractivity (Wildman–Crippen MR) is 29.3 cm³/mol. The van der Waals surface area contributed by atoms with E-state index >= 15 is 0 Å². The van der Waals surface area contributed by atoms with Gasteiger partial charge < -0.3 is 0 Å². The molecule has 0 N–H and O–H groups in total. The van der Waals surface area contributed by atoms with Crippen LogP contribution in [-0.4, -0.2) is 11.0 Å². The van der Waals surface area contributed by atoms with Crippen LogP contribution < -0.4 is 0 Å². The first kappa shape index (κ1) is 7.19. The Labute approximate surface area is 51.8 Å². The van der Waals surface area contributed by atoms with E-state index in [1.807, 2.05) is 5.92 Å². The first-order chi connectivity index (χ1) is 3.68. The molecule has 0 aromatic carbocycles. The molecule has 0 atom stereocenters. The van der Waals surface area contributed by atoms with Gasteiger partial charge in [0.05, 0.1) is 6.42 Å². The molecule has 0 amide bonds. The number of halogens is 1. The fourth-order valence-electron chi connectivity index (χ4n) is 0.162. The molecule has 0 aromatic heterocycles. The quantitative estimate of drug-likeness (QED) is 0.307. The van der Waals surface area contributed by atoms with Gasteiger partial charge in [-0.15, -0.1) is 6.42 Å². The zero-order valence-corrected chi connectivity index (χ0v) is 4.73. The molecule has 0 bridgehead atoms. The number of hydrogen-bond donors (Lipinski definition) is 0. The Morgan fingerprint density at radius 1 is 1.62 bits per heavy atom. The van der Waals surface area contributed by atoms with Crippen molar-refractivity contribution in [2.45, 2.75) is 6.42 Å². The maximum Gasteiger partial charge on any atom is 0.289 e. The zero-order valence-electron chi connectivity index (χ0n) is 3.98. The van der Waals surface area contributed by atoms with E-state index in [0.717, 1.165) is 0 Å². The summed E-state index contributed by atoms with van der Waals surface area (Å²) < 4.78 is 0. The minimum Gasteiger partial charge on any atom is -0.288 e. The van der Waals surface area contributed by atoms with Gasteiger partial charge in [-0.3, -0.25) is 9.59 Å². The molecular weight excluding hydrogens is 128 g/mol. The van der Waals surface area contributed by atoms with Crippen LogP contribution in [0.3, 0.4) is 0 Å². The van der Waals surface area contributed by atoms with Crippen molar-refractivity contribution < 1.29 is 9.59 Å². The lowest BCUT2D eigenvalue weighted by Gasteiger charge is -1.79. The molecule has 0 fully saturated rings. The van der Waals surface area contributed by atoms with Crippen LogP contribution in [0.4, 0.5) is 0 Å². The maximum absolute atomic E-state index is 10.1. The summed E-state index contributed by atoms with van der Waals surface area (Å²) >= 11 is 4.72. The Morgan fingerprint density at radius 2 is 2.12 bits per heavy atom. The van der Waals surface area contributed by atoms with Crippen molar-refractivity contribution in [1.29, 1.82) is 0 Å². The van der Waals surface area contributed by atoms with E-state index in [4.69, 9.17) is 11.6 Å². The Balaban J connectivity index is 3.71. The second kappa shape index (κ2) is 3.23. The van der Waals surface area contributed by atoms with Crippen LogP contribution in [-0.2, 0) is 9.59 Å². The highest BCUT2D eigenvalue weighted by molar-refractivity contribution is 6.81. The molecule has 2 nitrogen and oxygen atoms in total.